The Morgan fingerprint density at radius 1 is 0.964 bits per heavy atom. The molecular formula is C22H22O6. The number of fused-ring (bicyclic) bond motifs is 1. The Hall–Kier alpha value is -3.12. The first-order valence-electron chi connectivity index (χ1n) is 8.96. The molecule has 0 N–H and O–H groups in total. The lowest BCUT2D eigenvalue weighted by atomic mass is 10.1. The van der Waals surface area contributed by atoms with Gasteiger partial charge in [0.1, 0.15) is 12.2 Å². The van der Waals surface area contributed by atoms with Gasteiger partial charge < -0.3 is 18.6 Å². The molecule has 6 heteroatoms. The molecule has 28 heavy (non-hydrogen) atoms. The number of carbonyl (C=O) groups is 2. The molecule has 0 bridgehead atoms. The van der Waals surface area contributed by atoms with Gasteiger partial charge in [-0.05, 0) is 37.6 Å². The molecule has 6 nitrogen and oxygen atoms in total. The number of methoxy groups -OCH3 is 1. The Labute approximate surface area is 163 Å². The van der Waals surface area contributed by atoms with E-state index in [1.54, 1.807) is 30.3 Å². The summed E-state index contributed by atoms with van der Waals surface area (Å²) in [6.07, 6.45) is 0.0193. The Balaban J connectivity index is 1.75. The van der Waals surface area contributed by atoms with Crippen LogP contribution in [0.4, 0.5) is 0 Å². The molecule has 0 aliphatic heterocycles. The number of esters is 2. The monoisotopic (exact) mass is 382 g/mol. The topological polar surface area (TPSA) is 75.0 Å². The number of benzene rings is 2. The number of rotatable bonds is 7. The maximum Gasteiger partial charge on any atom is 0.374 e. The molecule has 0 fully saturated rings. The fraction of sp³-hybridized carbons (Fsp3) is 0.273. The highest BCUT2D eigenvalue weighted by atomic mass is 16.5. The maximum atomic E-state index is 12.6. The molecule has 0 saturated carbocycles. The molecule has 146 valence electrons. The van der Waals surface area contributed by atoms with Crippen LogP contribution in [0.15, 0.2) is 52.9 Å². The lowest BCUT2D eigenvalue weighted by Gasteiger charge is -2.08. The average molecular weight is 382 g/mol. The first-order valence-corrected chi connectivity index (χ1v) is 8.96. The molecule has 2 aromatic carbocycles. The highest BCUT2D eigenvalue weighted by molar-refractivity contribution is 5.96. The van der Waals surface area contributed by atoms with Crippen LogP contribution in [0.5, 0.6) is 0 Å². The van der Waals surface area contributed by atoms with Gasteiger partial charge in [0.15, 0.2) is 0 Å². The minimum absolute atomic E-state index is 0.0193. The van der Waals surface area contributed by atoms with Crippen molar-refractivity contribution < 1.29 is 28.2 Å². The third-order valence-corrected chi connectivity index (χ3v) is 4.19. The van der Waals surface area contributed by atoms with Crippen molar-refractivity contribution in [2.45, 2.75) is 33.2 Å². The van der Waals surface area contributed by atoms with E-state index in [0.717, 1.165) is 10.9 Å². The summed E-state index contributed by atoms with van der Waals surface area (Å²) >= 11 is 0. The number of furan rings is 1. The van der Waals surface area contributed by atoms with Gasteiger partial charge in [-0.3, -0.25) is 0 Å². The summed E-state index contributed by atoms with van der Waals surface area (Å²) in [5.41, 5.74) is 2.47. The highest BCUT2D eigenvalue weighted by Gasteiger charge is 2.22. The van der Waals surface area contributed by atoms with Gasteiger partial charge in [0, 0.05) is 10.9 Å². The van der Waals surface area contributed by atoms with E-state index in [1.807, 2.05) is 32.0 Å². The summed E-state index contributed by atoms with van der Waals surface area (Å²) in [5, 5.41) is 0.831. The molecule has 0 atom stereocenters. The van der Waals surface area contributed by atoms with Crippen molar-refractivity contribution in [2.75, 3.05) is 7.11 Å². The number of carbonyl (C=O) groups excluding carboxylic acids is 2. The fourth-order valence-electron chi connectivity index (χ4n) is 2.73. The van der Waals surface area contributed by atoms with E-state index in [-0.39, 0.29) is 25.1 Å². The van der Waals surface area contributed by atoms with Crippen LogP contribution in [0, 0.1) is 0 Å². The van der Waals surface area contributed by atoms with Crippen molar-refractivity contribution >= 4 is 22.9 Å². The molecule has 0 spiro atoms. The molecular weight excluding hydrogens is 360 g/mol. The van der Waals surface area contributed by atoms with E-state index in [0.29, 0.717) is 16.7 Å². The van der Waals surface area contributed by atoms with Crippen LogP contribution in [-0.2, 0) is 27.4 Å². The normalized spacial score (nSPS) is 11.0. The molecule has 3 aromatic rings. The summed E-state index contributed by atoms with van der Waals surface area (Å²) < 4.78 is 21.5. The van der Waals surface area contributed by atoms with Crippen molar-refractivity contribution in [2.24, 2.45) is 0 Å². The zero-order valence-corrected chi connectivity index (χ0v) is 16.1. The van der Waals surface area contributed by atoms with Crippen molar-refractivity contribution in [3.63, 3.8) is 0 Å². The van der Waals surface area contributed by atoms with Gasteiger partial charge in [-0.2, -0.15) is 0 Å². The molecule has 0 aliphatic rings. The number of para-hydroxylation sites is 1. The molecule has 1 heterocycles. The zero-order valence-electron chi connectivity index (χ0n) is 16.1. The van der Waals surface area contributed by atoms with Crippen molar-refractivity contribution in [1.29, 1.82) is 0 Å². The Bertz CT molecular complexity index is 968. The third kappa shape index (κ3) is 4.40. The van der Waals surface area contributed by atoms with Gasteiger partial charge in [0.2, 0.25) is 5.76 Å². The van der Waals surface area contributed by atoms with E-state index >= 15 is 0 Å². The maximum absolute atomic E-state index is 12.6. The second-order valence-electron chi connectivity index (χ2n) is 6.53. The van der Waals surface area contributed by atoms with E-state index in [4.69, 9.17) is 13.9 Å². The second kappa shape index (κ2) is 8.71. The van der Waals surface area contributed by atoms with Crippen LogP contribution in [-0.4, -0.2) is 25.2 Å². The Kier molecular flexibility index (Phi) is 6.11. The quantitative estimate of drug-likeness (QED) is 0.560. The van der Waals surface area contributed by atoms with Crippen molar-refractivity contribution in [3.8, 4) is 0 Å². The summed E-state index contributed by atoms with van der Waals surface area (Å²) in [7, 11) is 1.33. The standard InChI is InChI=1S/C22H22O6/c1-14(2)26-13-18-17-6-4-5-7-19(17)28-20(18)22(24)27-12-15-8-10-16(11-9-15)21(23)25-3/h4-11,14H,12-13H2,1-3H3. The van der Waals surface area contributed by atoms with E-state index in [9.17, 15) is 9.59 Å². The van der Waals surface area contributed by atoms with Crippen molar-refractivity contribution in [3.05, 3.63) is 71.0 Å². The smallest absolute Gasteiger partial charge is 0.374 e. The average Bonchev–Trinajstić information content (AvgIpc) is 3.09. The van der Waals surface area contributed by atoms with Gasteiger partial charge in [-0.25, -0.2) is 9.59 Å². The molecule has 0 unspecified atom stereocenters. The molecule has 0 aliphatic carbocycles. The van der Waals surface area contributed by atoms with Gasteiger partial charge in [-0.1, -0.05) is 30.3 Å². The molecule has 0 radical (unpaired) electrons. The van der Waals surface area contributed by atoms with Crippen LogP contribution in [0.2, 0.25) is 0 Å². The molecule has 1 aromatic heterocycles. The van der Waals surface area contributed by atoms with Crippen LogP contribution in [0.25, 0.3) is 11.0 Å². The van der Waals surface area contributed by atoms with Crippen LogP contribution in [0.1, 0.15) is 45.9 Å². The lowest BCUT2D eigenvalue weighted by Crippen LogP contribution is -2.09. The predicted molar refractivity (Wildman–Crippen MR) is 103 cm³/mol. The molecule has 0 saturated heterocycles. The minimum Gasteiger partial charge on any atom is -0.465 e. The number of hydrogen-bond acceptors (Lipinski definition) is 6. The molecule has 0 amide bonds. The Morgan fingerprint density at radius 2 is 1.68 bits per heavy atom. The third-order valence-electron chi connectivity index (χ3n) is 4.19. The fourth-order valence-corrected chi connectivity index (χ4v) is 2.73. The first kappa shape index (κ1) is 19.6. The molecule has 3 rings (SSSR count). The summed E-state index contributed by atoms with van der Waals surface area (Å²) in [6.45, 7) is 4.17. The van der Waals surface area contributed by atoms with E-state index < -0.39 is 11.9 Å². The van der Waals surface area contributed by atoms with Gasteiger partial charge in [-0.15, -0.1) is 0 Å². The van der Waals surface area contributed by atoms with Crippen molar-refractivity contribution in [1.82, 2.24) is 0 Å². The number of hydrogen-bond donors (Lipinski definition) is 0. The predicted octanol–water partition coefficient (Wildman–Crippen LogP) is 4.50. The Morgan fingerprint density at radius 3 is 2.36 bits per heavy atom. The largest absolute Gasteiger partial charge is 0.465 e. The summed E-state index contributed by atoms with van der Waals surface area (Å²) in [6, 6.07) is 14.1. The van der Waals surface area contributed by atoms with Crippen LogP contribution >= 0.6 is 0 Å². The second-order valence-corrected chi connectivity index (χ2v) is 6.53. The highest BCUT2D eigenvalue weighted by Crippen LogP contribution is 2.27. The zero-order chi connectivity index (χ0) is 20.1. The van der Waals surface area contributed by atoms with Crippen LogP contribution < -0.4 is 0 Å². The SMILES string of the molecule is COC(=O)c1ccc(COC(=O)c2oc3ccccc3c2COC(C)C)cc1. The van der Waals surface area contributed by atoms with E-state index in [1.165, 1.54) is 7.11 Å². The number of ether oxygens (including phenoxy) is 3. The lowest BCUT2D eigenvalue weighted by molar-refractivity contribution is 0.0411. The van der Waals surface area contributed by atoms with Gasteiger partial charge >= 0.3 is 11.9 Å². The van der Waals surface area contributed by atoms with Crippen LogP contribution in [0.3, 0.4) is 0 Å². The first-order chi connectivity index (χ1) is 13.5. The summed E-state index contributed by atoms with van der Waals surface area (Å²) in [5.74, 6) is -0.829. The summed E-state index contributed by atoms with van der Waals surface area (Å²) in [4.78, 5) is 24.1. The van der Waals surface area contributed by atoms with Gasteiger partial charge in [0.25, 0.3) is 0 Å². The minimum atomic E-state index is -0.560. The van der Waals surface area contributed by atoms with E-state index in [2.05, 4.69) is 4.74 Å². The van der Waals surface area contributed by atoms with Gasteiger partial charge in [0.05, 0.1) is 25.4 Å².